The van der Waals surface area contributed by atoms with Crippen molar-refractivity contribution in [3.05, 3.63) is 162 Å². The molecule has 400 valence electrons. The monoisotopic (exact) mass is 1030 g/mol. The van der Waals surface area contributed by atoms with Gasteiger partial charge in [0.15, 0.2) is 11.5 Å². The molecule has 7 unspecified atom stereocenters. The number of amides is 1. The third-order valence-electron chi connectivity index (χ3n) is 15.2. The predicted octanol–water partition coefficient (Wildman–Crippen LogP) is 11.9. The average Bonchev–Trinajstić information content (AvgIpc) is 4.08. The molecule has 0 spiro atoms. The fraction of sp³-hybridized carbons (Fsp3) is 0.419. The molecule has 1 saturated carbocycles. The molecule has 7 atom stereocenters. The standard InChI is InChI=1S/C62H70N2O12/c1-2-32-73-62-57(64(40-44-22-28-55-56(36-44)72-42-71-55)61(67)70-35-34-68-41-43-15-5-3-6-16-43)39-53(63-76-58-21-11-14-33-69-58)51-37-47(19-9-12-30-65)50(20-10-13-31-66)59(60(51)62)52-38-49(27-29-54(52)75-62)74-48-25-23-46(24-26-48)45-17-7-4-8-18-45/h2-8,15-18,22-29,36-38,47,50,57-60,65-66H,1,9-14,19-21,30-35,39-42H2. The van der Waals surface area contributed by atoms with Crippen LogP contribution in [0.1, 0.15) is 86.8 Å². The number of ether oxygens (including phenoxy) is 8. The highest BCUT2D eigenvalue weighted by atomic mass is 16.8. The molecule has 2 N–H and O–H groups in total. The Hall–Kier alpha value is -6.68. The topological polar surface area (TPSA) is 156 Å². The molecular formula is C62H70N2O12. The van der Waals surface area contributed by atoms with Gasteiger partial charge in [0.05, 0.1) is 38.1 Å². The second-order valence-electron chi connectivity index (χ2n) is 20.1. The molecule has 5 aromatic carbocycles. The van der Waals surface area contributed by atoms with Crippen LogP contribution in [0.4, 0.5) is 4.79 Å². The number of hydrogen-bond acceptors (Lipinski definition) is 13. The number of aliphatic hydroxyl groups excluding tert-OH is 2. The molecule has 3 aliphatic heterocycles. The summed E-state index contributed by atoms with van der Waals surface area (Å²) in [5, 5.41) is 25.3. The Kier molecular flexibility index (Phi) is 17.7. The molecule has 5 aliphatic rings. The van der Waals surface area contributed by atoms with Crippen LogP contribution in [0.15, 0.2) is 151 Å². The second-order valence-corrected chi connectivity index (χ2v) is 20.1. The molecule has 14 heteroatoms. The summed E-state index contributed by atoms with van der Waals surface area (Å²) in [6.07, 6.45) is 10.1. The van der Waals surface area contributed by atoms with Gasteiger partial charge in [-0.25, -0.2) is 4.79 Å². The Labute approximate surface area is 445 Å². The van der Waals surface area contributed by atoms with E-state index in [2.05, 4.69) is 43.0 Å². The maximum atomic E-state index is 15.3. The van der Waals surface area contributed by atoms with Gasteiger partial charge in [-0.1, -0.05) is 109 Å². The number of unbranched alkanes of at least 4 members (excludes halogenated alkanes) is 2. The molecule has 0 bridgehead atoms. The van der Waals surface area contributed by atoms with Crippen LogP contribution >= 0.6 is 0 Å². The zero-order valence-electron chi connectivity index (χ0n) is 43.2. The van der Waals surface area contributed by atoms with Crippen molar-refractivity contribution in [3.63, 3.8) is 0 Å². The van der Waals surface area contributed by atoms with Crippen LogP contribution in [0.5, 0.6) is 28.7 Å². The minimum atomic E-state index is -1.54. The van der Waals surface area contributed by atoms with E-state index in [-0.39, 0.29) is 70.5 Å². The third-order valence-corrected chi connectivity index (χ3v) is 15.2. The van der Waals surface area contributed by atoms with Gasteiger partial charge < -0.3 is 52.9 Å². The lowest BCUT2D eigenvalue weighted by Crippen LogP contribution is -2.70. The van der Waals surface area contributed by atoms with Gasteiger partial charge in [0.2, 0.25) is 18.9 Å². The van der Waals surface area contributed by atoms with E-state index in [1.54, 1.807) is 11.0 Å². The molecule has 3 heterocycles. The van der Waals surface area contributed by atoms with Crippen LogP contribution in [-0.2, 0) is 36.9 Å². The lowest BCUT2D eigenvalue weighted by Gasteiger charge is -2.59. The first-order chi connectivity index (χ1) is 37.4. The highest BCUT2D eigenvalue weighted by molar-refractivity contribution is 6.03. The fourth-order valence-electron chi connectivity index (χ4n) is 11.7. The van der Waals surface area contributed by atoms with E-state index in [9.17, 15) is 10.2 Å². The van der Waals surface area contributed by atoms with Gasteiger partial charge >= 0.3 is 6.09 Å². The summed E-state index contributed by atoms with van der Waals surface area (Å²) in [4.78, 5) is 23.4. The Balaban J connectivity index is 1.09. The van der Waals surface area contributed by atoms with Crippen LogP contribution in [0, 0.1) is 17.8 Å². The summed E-state index contributed by atoms with van der Waals surface area (Å²) in [7, 11) is 0. The lowest BCUT2D eigenvalue weighted by atomic mass is 9.55. The Morgan fingerprint density at radius 3 is 2.32 bits per heavy atom. The molecule has 0 radical (unpaired) electrons. The molecule has 5 aromatic rings. The SMILES string of the molecule is C=CCOC12Oc3ccc(Oc4ccc(-c5ccccc5)cc4)cc3C3C(CCCCO)C(CCCCO)C=C(C(=NOC4CCCCO4)CC1N(Cc1ccc4c(c1)OCO4)C(=O)OCCOCc1ccccc1)C32. The maximum Gasteiger partial charge on any atom is 0.410 e. The number of allylic oxidation sites excluding steroid dienone is 1. The highest BCUT2D eigenvalue weighted by Crippen LogP contribution is 2.62. The number of aliphatic hydroxyl groups is 2. The normalized spacial score (nSPS) is 23.6. The van der Waals surface area contributed by atoms with Gasteiger partial charge in [-0.05, 0) is 121 Å². The van der Waals surface area contributed by atoms with Crippen LogP contribution in [0.3, 0.4) is 0 Å². The Bertz CT molecular complexity index is 2760. The molecule has 2 aliphatic carbocycles. The van der Waals surface area contributed by atoms with Gasteiger partial charge in [0.1, 0.15) is 29.9 Å². The predicted molar refractivity (Wildman–Crippen MR) is 287 cm³/mol. The summed E-state index contributed by atoms with van der Waals surface area (Å²) in [6.45, 7) is 5.63. The molecule has 1 amide bonds. The summed E-state index contributed by atoms with van der Waals surface area (Å²) in [6, 6.07) is 39.0. The largest absolute Gasteiger partial charge is 0.459 e. The number of benzene rings is 5. The van der Waals surface area contributed by atoms with Crippen molar-refractivity contribution < 1.29 is 57.7 Å². The van der Waals surface area contributed by atoms with Crippen LogP contribution in [0.25, 0.3) is 11.1 Å². The number of carbonyl (C=O) groups is 1. The fourth-order valence-corrected chi connectivity index (χ4v) is 11.7. The first-order valence-electron chi connectivity index (χ1n) is 27.1. The molecule has 76 heavy (non-hydrogen) atoms. The number of carbonyl (C=O) groups excluding carboxylic acids is 1. The van der Waals surface area contributed by atoms with Crippen molar-refractivity contribution in [1.29, 1.82) is 0 Å². The van der Waals surface area contributed by atoms with E-state index in [4.69, 9.17) is 47.9 Å². The highest BCUT2D eigenvalue weighted by Gasteiger charge is 2.66. The van der Waals surface area contributed by atoms with Crippen LogP contribution in [0.2, 0.25) is 0 Å². The van der Waals surface area contributed by atoms with Crippen molar-refractivity contribution >= 4 is 11.8 Å². The average molecular weight is 1040 g/mol. The minimum Gasteiger partial charge on any atom is -0.459 e. The number of hydrogen-bond donors (Lipinski definition) is 2. The second kappa shape index (κ2) is 25.4. The van der Waals surface area contributed by atoms with Crippen molar-refractivity contribution in [1.82, 2.24) is 4.90 Å². The minimum absolute atomic E-state index is 0.00706. The first-order valence-corrected chi connectivity index (χ1v) is 27.1. The molecule has 14 nitrogen and oxygen atoms in total. The Morgan fingerprint density at radius 1 is 0.789 bits per heavy atom. The van der Waals surface area contributed by atoms with Crippen molar-refractivity contribution in [2.45, 2.75) is 101 Å². The summed E-state index contributed by atoms with van der Waals surface area (Å²) in [5.74, 6) is 0.737. The first kappa shape index (κ1) is 52.7. The van der Waals surface area contributed by atoms with E-state index < -0.39 is 30.1 Å². The number of rotatable bonds is 24. The van der Waals surface area contributed by atoms with Gasteiger partial charge in [-0.15, -0.1) is 6.58 Å². The van der Waals surface area contributed by atoms with Gasteiger partial charge in [-0.2, -0.15) is 0 Å². The smallest absolute Gasteiger partial charge is 0.410 e. The zero-order chi connectivity index (χ0) is 52.1. The molecular weight excluding hydrogens is 965 g/mol. The lowest BCUT2D eigenvalue weighted by molar-refractivity contribution is -0.256. The molecule has 0 aromatic heterocycles. The zero-order valence-corrected chi connectivity index (χ0v) is 43.2. The maximum absolute atomic E-state index is 15.3. The Morgan fingerprint density at radius 2 is 1.54 bits per heavy atom. The quantitative estimate of drug-likeness (QED) is 0.0343. The van der Waals surface area contributed by atoms with Crippen molar-refractivity contribution in [2.24, 2.45) is 22.9 Å². The summed E-state index contributed by atoms with van der Waals surface area (Å²) < 4.78 is 51.4. The van der Waals surface area contributed by atoms with E-state index >= 15 is 4.79 Å². The summed E-state index contributed by atoms with van der Waals surface area (Å²) >= 11 is 0. The molecule has 10 rings (SSSR count). The van der Waals surface area contributed by atoms with Gasteiger partial charge in [-0.3, -0.25) is 4.90 Å². The van der Waals surface area contributed by atoms with E-state index in [0.29, 0.717) is 66.9 Å². The molecule has 2 fully saturated rings. The van der Waals surface area contributed by atoms with Crippen LogP contribution < -0.4 is 18.9 Å². The summed E-state index contributed by atoms with van der Waals surface area (Å²) in [5.41, 5.74) is 6.48. The van der Waals surface area contributed by atoms with Gasteiger partial charge in [0.25, 0.3) is 0 Å². The van der Waals surface area contributed by atoms with E-state index in [1.807, 2.05) is 91.0 Å². The molecule has 1 saturated heterocycles. The van der Waals surface area contributed by atoms with Crippen molar-refractivity contribution in [2.75, 3.05) is 46.4 Å². The van der Waals surface area contributed by atoms with Crippen molar-refractivity contribution in [3.8, 4) is 39.9 Å². The third kappa shape index (κ3) is 12.1. The van der Waals surface area contributed by atoms with E-state index in [0.717, 1.165) is 71.9 Å². The van der Waals surface area contributed by atoms with E-state index in [1.165, 1.54) is 0 Å². The van der Waals surface area contributed by atoms with Gasteiger partial charge in [0, 0.05) is 44.1 Å². The number of fused-ring (bicyclic) bond motifs is 3. The van der Waals surface area contributed by atoms with Crippen LogP contribution in [-0.4, -0.2) is 91.5 Å². The number of nitrogens with zero attached hydrogens (tertiary/aromatic N) is 2. The number of oxime groups is 1.